The zero-order valence-corrected chi connectivity index (χ0v) is 19.8. The van der Waals surface area contributed by atoms with E-state index in [0.717, 1.165) is 50.1 Å². The van der Waals surface area contributed by atoms with Crippen molar-refractivity contribution in [2.45, 2.75) is 69.6 Å². The minimum Gasteiger partial charge on any atom is -0.355 e. The van der Waals surface area contributed by atoms with E-state index in [9.17, 15) is 4.79 Å². The average Bonchev–Trinajstić information content (AvgIpc) is 3.20. The van der Waals surface area contributed by atoms with Crippen molar-refractivity contribution in [1.29, 1.82) is 0 Å². The summed E-state index contributed by atoms with van der Waals surface area (Å²) in [6.07, 6.45) is 12.1. The molecule has 0 bridgehead atoms. The fourth-order valence-electron chi connectivity index (χ4n) is 4.46. The van der Waals surface area contributed by atoms with Gasteiger partial charge in [0.05, 0.1) is 18.8 Å². The van der Waals surface area contributed by atoms with Gasteiger partial charge in [-0.2, -0.15) is 0 Å². The lowest BCUT2D eigenvalue weighted by Gasteiger charge is -2.26. The number of benzene rings is 1. The minimum atomic E-state index is 0.0678. The van der Waals surface area contributed by atoms with Gasteiger partial charge >= 0.3 is 0 Å². The Hall–Kier alpha value is -2.12. The number of likely N-dealkylation sites (tertiary alicyclic amines) is 1. The quantitative estimate of drug-likeness (QED) is 0.426. The summed E-state index contributed by atoms with van der Waals surface area (Å²) < 4.78 is 2.19. The summed E-state index contributed by atoms with van der Waals surface area (Å²) in [6, 6.07) is 10.4. The molecule has 1 aliphatic carbocycles. The molecule has 2 aliphatic rings. The van der Waals surface area contributed by atoms with E-state index in [-0.39, 0.29) is 5.91 Å². The Morgan fingerprint density at radius 2 is 1.84 bits per heavy atom. The first-order valence-electron chi connectivity index (χ1n) is 12.0. The van der Waals surface area contributed by atoms with E-state index in [1.165, 1.54) is 67.8 Å². The number of aromatic nitrogens is 3. The zero-order valence-electron chi connectivity index (χ0n) is 19.0. The van der Waals surface area contributed by atoms with Crippen molar-refractivity contribution in [2.24, 2.45) is 0 Å². The fourth-order valence-corrected chi connectivity index (χ4v) is 5.25. The lowest BCUT2D eigenvalue weighted by atomic mass is 9.97. The number of nitrogens with one attached hydrogen (secondary N) is 1. The fraction of sp³-hybridized carbons (Fsp3) is 0.560. The molecule has 172 valence electrons. The van der Waals surface area contributed by atoms with Crippen LogP contribution in [-0.4, -0.2) is 51.0 Å². The van der Waals surface area contributed by atoms with Gasteiger partial charge in [0, 0.05) is 6.54 Å². The average molecular weight is 454 g/mol. The highest BCUT2D eigenvalue weighted by Gasteiger charge is 2.18. The number of hydrogen-bond donors (Lipinski definition) is 1. The molecule has 1 aromatic carbocycles. The van der Waals surface area contributed by atoms with Gasteiger partial charge in [0.15, 0.2) is 5.16 Å². The van der Waals surface area contributed by atoms with Gasteiger partial charge < -0.3 is 9.88 Å². The first-order valence-corrected chi connectivity index (χ1v) is 13.0. The predicted molar refractivity (Wildman–Crippen MR) is 130 cm³/mol. The predicted octanol–water partition coefficient (Wildman–Crippen LogP) is 4.41. The normalized spacial score (nSPS) is 17.2. The Morgan fingerprint density at radius 1 is 1.00 bits per heavy atom. The summed E-state index contributed by atoms with van der Waals surface area (Å²) in [6.45, 7) is 4.53. The first kappa shape index (κ1) is 23.1. The number of nitrogens with zero attached hydrogens (tertiary/aromatic N) is 4. The number of carbonyl (C=O) groups is 1. The van der Waals surface area contributed by atoms with Gasteiger partial charge in [-0.1, -0.05) is 60.2 Å². The topological polar surface area (TPSA) is 63.1 Å². The number of amides is 1. The lowest BCUT2D eigenvalue weighted by molar-refractivity contribution is -0.118. The number of rotatable bonds is 10. The maximum absolute atomic E-state index is 12.4. The van der Waals surface area contributed by atoms with Crippen molar-refractivity contribution in [3.05, 3.63) is 53.4 Å². The number of hydrogen-bond acceptors (Lipinski definition) is 5. The van der Waals surface area contributed by atoms with Gasteiger partial charge in [-0.25, -0.2) is 0 Å². The van der Waals surface area contributed by atoms with Crippen LogP contribution >= 0.6 is 11.8 Å². The van der Waals surface area contributed by atoms with Crippen LogP contribution in [-0.2, 0) is 17.9 Å². The summed E-state index contributed by atoms with van der Waals surface area (Å²) in [5.74, 6) is 1.43. The molecule has 1 amide bonds. The van der Waals surface area contributed by atoms with Gasteiger partial charge in [-0.05, 0) is 63.6 Å². The van der Waals surface area contributed by atoms with Crippen LogP contribution in [0.1, 0.15) is 62.8 Å². The molecule has 2 heterocycles. The molecule has 1 fully saturated rings. The van der Waals surface area contributed by atoms with Crippen LogP contribution in [0.25, 0.3) is 0 Å². The molecule has 1 aliphatic heterocycles. The third-order valence-corrected chi connectivity index (χ3v) is 7.24. The maximum atomic E-state index is 12.4. The van der Waals surface area contributed by atoms with Crippen molar-refractivity contribution in [3.8, 4) is 0 Å². The largest absolute Gasteiger partial charge is 0.355 e. The molecule has 1 N–H and O–H groups in total. The summed E-state index contributed by atoms with van der Waals surface area (Å²) in [4.78, 5) is 14.9. The maximum Gasteiger partial charge on any atom is 0.230 e. The van der Waals surface area contributed by atoms with E-state index in [4.69, 9.17) is 0 Å². The summed E-state index contributed by atoms with van der Waals surface area (Å²) in [5, 5.41) is 12.9. The minimum absolute atomic E-state index is 0.0678. The summed E-state index contributed by atoms with van der Waals surface area (Å²) in [5.41, 5.74) is 2.72. The Morgan fingerprint density at radius 3 is 2.62 bits per heavy atom. The number of carbonyl (C=O) groups excluding carboxylic acids is 1. The third-order valence-electron chi connectivity index (χ3n) is 6.28. The van der Waals surface area contributed by atoms with Crippen molar-refractivity contribution >= 4 is 17.7 Å². The number of allylic oxidation sites excluding steroid dienone is 1. The van der Waals surface area contributed by atoms with Crippen molar-refractivity contribution < 1.29 is 4.79 Å². The second kappa shape index (κ2) is 12.2. The van der Waals surface area contributed by atoms with E-state index in [0.29, 0.717) is 5.75 Å². The van der Waals surface area contributed by atoms with Crippen LogP contribution in [0.4, 0.5) is 0 Å². The van der Waals surface area contributed by atoms with E-state index >= 15 is 0 Å². The van der Waals surface area contributed by atoms with E-state index in [1.807, 2.05) is 6.07 Å². The van der Waals surface area contributed by atoms with E-state index in [2.05, 4.69) is 55.3 Å². The molecule has 32 heavy (non-hydrogen) atoms. The molecule has 0 unspecified atom stereocenters. The Kier molecular flexibility index (Phi) is 8.79. The molecule has 1 aromatic heterocycles. The highest BCUT2D eigenvalue weighted by Crippen LogP contribution is 2.22. The van der Waals surface area contributed by atoms with Crippen LogP contribution in [0, 0.1) is 0 Å². The van der Waals surface area contributed by atoms with E-state index < -0.39 is 0 Å². The molecular weight excluding hydrogens is 418 g/mol. The van der Waals surface area contributed by atoms with Crippen molar-refractivity contribution in [1.82, 2.24) is 25.0 Å². The second-order valence-electron chi connectivity index (χ2n) is 8.80. The highest BCUT2D eigenvalue weighted by molar-refractivity contribution is 7.99. The SMILES string of the molecule is O=C(CSc1nnc(CN2CCCCC2)n1Cc1ccccc1)NCCC1=CCCCC1. The highest BCUT2D eigenvalue weighted by atomic mass is 32.2. The Labute approximate surface area is 195 Å². The van der Waals surface area contributed by atoms with Gasteiger partial charge in [-0.15, -0.1) is 10.2 Å². The molecule has 4 rings (SSSR count). The number of piperidine rings is 1. The molecule has 0 radical (unpaired) electrons. The van der Waals surface area contributed by atoms with Gasteiger partial charge in [0.1, 0.15) is 5.82 Å². The molecule has 7 heteroatoms. The van der Waals surface area contributed by atoms with Gasteiger partial charge in [-0.3, -0.25) is 9.69 Å². The smallest absolute Gasteiger partial charge is 0.230 e. The summed E-state index contributed by atoms with van der Waals surface area (Å²) in [7, 11) is 0. The third kappa shape index (κ3) is 6.94. The van der Waals surface area contributed by atoms with Gasteiger partial charge in [0.2, 0.25) is 5.91 Å². The molecule has 2 aromatic rings. The molecule has 0 spiro atoms. The van der Waals surface area contributed by atoms with Crippen LogP contribution in [0.2, 0.25) is 0 Å². The first-order chi connectivity index (χ1) is 15.8. The molecular formula is C25H35N5OS. The van der Waals surface area contributed by atoms with Crippen LogP contribution in [0.3, 0.4) is 0 Å². The Bertz CT molecular complexity index is 889. The molecule has 1 saturated heterocycles. The molecule has 0 saturated carbocycles. The second-order valence-corrected chi connectivity index (χ2v) is 9.75. The summed E-state index contributed by atoms with van der Waals surface area (Å²) >= 11 is 1.49. The monoisotopic (exact) mass is 453 g/mol. The Balaban J connectivity index is 1.34. The van der Waals surface area contributed by atoms with Crippen molar-refractivity contribution in [2.75, 3.05) is 25.4 Å². The van der Waals surface area contributed by atoms with Crippen LogP contribution < -0.4 is 5.32 Å². The zero-order chi connectivity index (χ0) is 22.0. The van der Waals surface area contributed by atoms with Crippen LogP contribution in [0.5, 0.6) is 0 Å². The van der Waals surface area contributed by atoms with Crippen LogP contribution in [0.15, 0.2) is 47.1 Å². The lowest BCUT2D eigenvalue weighted by Crippen LogP contribution is -2.30. The van der Waals surface area contributed by atoms with Crippen molar-refractivity contribution in [3.63, 3.8) is 0 Å². The number of thioether (sulfide) groups is 1. The van der Waals surface area contributed by atoms with Gasteiger partial charge in [0.25, 0.3) is 0 Å². The standard InChI is InChI=1S/C25H35N5OS/c31-24(26-15-14-21-10-4-1-5-11-21)20-32-25-28-27-23(19-29-16-8-3-9-17-29)30(25)18-22-12-6-2-7-13-22/h2,6-7,10,12-13H,1,3-5,8-9,11,14-20H2,(H,26,31). The van der Waals surface area contributed by atoms with E-state index in [1.54, 1.807) is 0 Å². The molecule has 0 atom stereocenters. The molecule has 6 nitrogen and oxygen atoms in total.